The number of ether oxygens (including phenoxy) is 1. The predicted octanol–water partition coefficient (Wildman–Crippen LogP) is 6.03. The maximum absolute atomic E-state index is 14.3. The Kier molecular flexibility index (Phi) is 11.8. The summed E-state index contributed by atoms with van der Waals surface area (Å²) in [6.07, 6.45) is 4.62. The van der Waals surface area contributed by atoms with Gasteiger partial charge >= 0.3 is 6.09 Å². The highest BCUT2D eigenvalue weighted by molar-refractivity contribution is 7.89. The Morgan fingerprint density at radius 1 is 0.894 bits per heavy atom. The van der Waals surface area contributed by atoms with E-state index in [9.17, 15) is 26.8 Å². The maximum atomic E-state index is 14.3. The monoisotopic (exact) mass is 667 g/mol. The molecule has 2 N–H and O–H groups in total. The van der Waals surface area contributed by atoms with Crippen molar-refractivity contribution in [1.82, 2.24) is 14.9 Å². The van der Waals surface area contributed by atoms with Crippen LogP contribution >= 0.6 is 0 Å². The highest BCUT2D eigenvalue weighted by Gasteiger charge is 2.38. The summed E-state index contributed by atoms with van der Waals surface area (Å²) in [4.78, 5) is 27.1. The van der Waals surface area contributed by atoms with Crippen molar-refractivity contribution in [2.24, 2.45) is 11.8 Å². The summed E-state index contributed by atoms with van der Waals surface area (Å²) < 4.78 is 61.4. The SMILES string of the molecule is COC(=O)N[C@H](C(=O)C[C@H]1CCCC[C@@H]1CC[C@H]1CNCCN1S(=O)(=O)c1ccccc1)C(c1ccc(F)cc1)c1ccc(F)cc1. The van der Waals surface area contributed by atoms with Gasteiger partial charge in [0.15, 0.2) is 5.78 Å². The van der Waals surface area contributed by atoms with Gasteiger partial charge in [0.05, 0.1) is 12.0 Å². The number of nitrogens with one attached hydrogen (secondary N) is 2. The van der Waals surface area contributed by atoms with Gasteiger partial charge in [-0.15, -0.1) is 0 Å². The molecule has 1 saturated carbocycles. The second-order valence-electron chi connectivity index (χ2n) is 12.5. The highest BCUT2D eigenvalue weighted by atomic mass is 32.2. The third-order valence-electron chi connectivity index (χ3n) is 9.64. The molecular weight excluding hydrogens is 624 g/mol. The molecule has 3 aromatic carbocycles. The molecule has 1 heterocycles. The molecule has 2 aliphatic rings. The molecule has 252 valence electrons. The summed E-state index contributed by atoms with van der Waals surface area (Å²) in [5.74, 6) is -1.55. The molecule has 11 heteroatoms. The number of carbonyl (C=O) groups is 2. The molecule has 8 nitrogen and oxygen atoms in total. The molecule has 3 aromatic rings. The Hall–Kier alpha value is -3.67. The lowest BCUT2D eigenvalue weighted by molar-refractivity contribution is -0.123. The highest BCUT2D eigenvalue weighted by Crippen LogP contribution is 2.38. The molecule has 0 unspecified atom stereocenters. The molecule has 0 aromatic heterocycles. The number of hydrogen-bond acceptors (Lipinski definition) is 6. The van der Waals surface area contributed by atoms with E-state index in [4.69, 9.17) is 4.74 Å². The molecule has 0 bridgehead atoms. The van der Waals surface area contributed by atoms with Gasteiger partial charge in [-0.25, -0.2) is 22.0 Å². The lowest BCUT2D eigenvalue weighted by Crippen LogP contribution is -2.53. The minimum absolute atomic E-state index is 0.0380. The molecule has 1 saturated heterocycles. The van der Waals surface area contributed by atoms with Gasteiger partial charge in [-0.1, -0.05) is 61.7 Å². The molecule has 0 radical (unpaired) electrons. The first-order valence-corrected chi connectivity index (χ1v) is 17.8. The summed E-state index contributed by atoms with van der Waals surface area (Å²) in [5, 5.41) is 6.09. The van der Waals surface area contributed by atoms with Gasteiger partial charge in [-0.05, 0) is 78.6 Å². The summed E-state index contributed by atoms with van der Waals surface area (Å²) >= 11 is 0. The average Bonchev–Trinajstić information content (AvgIpc) is 3.09. The second-order valence-corrected chi connectivity index (χ2v) is 14.4. The number of amides is 1. The van der Waals surface area contributed by atoms with E-state index in [0.29, 0.717) is 37.2 Å². The number of ketones is 1. The Labute approximate surface area is 275 Å². The third kappa shape index (κ3) is 8.63. The standard InChI is InChI=1S/C36H43F2N3O5S/c1-46-36(43)40-35(34(26-11-16-29(37)17-12-26)27-13-18-30(38)19-14-27)33(42)23-28-8-6-5-7-25(28)15-20-31-24-39-21-22-41(31)47(44,45)32-9-3-2-4-10-32/h2-4,9-14,16-19,25,28,31,34-35,39H,5-8,15,20-24H2,1H3,(H,40,43)/t25-,28-,31+,35-/m1/s1. The number of methoxy groups -OCH3 is 1. The van der Waals surface area contributed by atoms with Crippen LogP contribution in [-0.2, 0) is 19.6 Å². The number of hydrogen-bond donors (Lipinski definition) is 2. The van der Waals surface area contributed by atoms with Crippen molar-refractivity contribution in [3.63, 3.8) is 0 Å². The zero-order valence-corrected chi connectivity index (χ0v) is 27.4. The first-order valence-electron chi connectivity index (χ1n) is 16.3. The van der Waals surface area contributed by atoms with E-state index in [1.807, 2.05) is 0 Å². The van der Waals surface area contributed by atoms with Crippen LogP contribution in [0.25, 0.3) is 0 Å². The van der Waals surface area contributed by atoms with Crippen LogP contribution in [0.4, 0.5) is 13.6 Å². The van der Waals surface area contributed by atoms with E-state index >= 15 is 0 Å². The zero-order chi connectivity index (χ0) is 33.4. The fraction of sp³-hybridized carbons (Fsp3) is 0.444. The molecule has 4 atom stereocenters. The van der Waals surface area contributed by atoms with Crippen molar-refractivity contribution in [2.75, 3.05) is 26.7 Å². The molecule has 1 aliphatic heterocycles. The summed E-state index contributed by atoms with van der Waals surface area (Å²) in [7, 11) is -2.43. The number of piperazine rings is 1. The molecule has 1 aliphatic carbocycles. The zero-order valence-electron chi connectivity index (χ0n) is 26.6. The van der Waals surface area contributed by atoms with Gasteiger partial charge in [-0.2, -0.15) is 4.31 Å². The van der Waals surface area contributed by atoms with Crippen LogP contribution in [0, 0.1) is 23.5 Å². The van der Waals surface area contributed by atoms with Crippen molar-refractivity contribution < 1.29 is 31.5 Å². The van der Waals surface area contributed by atoms with Crippen molar-refractivity contribution in [2.45, 2.75) is 67.8 Å². The summed E-state index contributed by atoms with van der Waals surface area (Å²) in [6, 6.07) is 18.7. The van der Waals surface area contributed by atoms with Gasteiger partial charge in [0, 0.05) is 38.0 Å². The molecule has 2 fully saturated rings. The topological polar surface area (TPSA) is 105 Å². The number of rotatable bonds is 12. The molecule has 1 amide bonds. The smallest absolute Gasteiger partial charge is 0.407 e. The van der Waals surface area contributed by atoms with Crippen molar-refractivity contribution in [3.8, 4) is 0 Å². The predicted molar refractivity (Wildman–Crippen MR) is 175 cm³/mol. The minimum atomic E-state index is -3.65. The first kappa shape index (κ1) is 34.7. The average molecular weight is 668 g/mol. The quantitative estimate of drug-likeness (QED) is 0.245. The number of carbonyl (C=O) groups excluding carboxylic acids is 2. The number of alkyl carbamates (subject to hydrolysis) is 1. The molecule has 5 rings (SSSR count). The number of halogens is 2. The second kappa shape index (κ2) is 16.0. The first-order chi connectivity index (χ1) is 22.7. The van der Waals surface area contributed by atoms with Gasteiger partial charge < -0.3 is 15.4 Å². The maximum Gasteiger partial charge on any atom is 0.407 e. The van der Waals surface area contributed by atoms with Crippen molar-refractivity contribution in [3.05, 3.63) is 102 Å². The summed E-state index contributed by atoms with van der Waals surface area (Å²) in [6.45, 7) is 1.54. The number of nitrogens with zero attached hydrogens (tertiary/aromatic N) is 1. The van der Waals surface area contributed by atoms with Gasteiger partial charge in [0.1, 0.15) is 17.7 Å². The van der Waals surface area contributed by atoms with Crippen LogP contribution in [0.2, 0.25) is 0 Å². The summed E-state index contributed by atoms with van der Waals surface area (Å²) in [5.41, 5.74) is 1.19. The largest absolute Gasteiger partial charge is 0.453 e. The van der Waals surface area contributed by atoms with E-state index in [1.165, 1.54) is 31.4 Å². The van der Waals surface area contributed by atoms with E-state index < -0.39 is 39.7 Å². The Bertz CT molecular complexity index is 1540. The Morgan fingerprint density at radius 2 is 1.49 bits per heavy atom. The van der Waals surface area contributed by atoms with Crippen molar-refractivity contribution in [1.29, 1.82) is 0 Å². The fourth-order valence-electron chi connectivity index (χ4n) is 7.21. The van der Waals surface area contributed by atoms with Gasteiger partial charge in [-0.3, -0.25) is 4.79 Å². The van der Waals surface area contributed by atoms with Gasteiger partial charge in [0.25, 0.3) is 0 Å². The Balaban J connectivity index is 1.35. The van der Waals surface area contributed by atoms with Crippen LogP contribution in [0.1, 0.15) is 62.0 Å². The number of sulfonamides is 1. The third-order valence-corrected chi connectivity index (χ3v) is 11.6. The van der Waals surface area contributed by atoms with Gasteiger partial charge in [0.2, 0.25) is 10.0 Å². The fourth-order valence-corrected chi connectivity index (χ4v) is 8.89. The van der Waals surface area contributed by atoms with E-state index in [1.54, 1.807) is 58.9 Å². The number of benzene rings is 3. The number of Topliss-reactive ketones (excluding diaryl/α,β-unsaturated/α-hetero) is 1. The van der Waals surface area contributed by atoms with Crippen molar-refractivity contribution >= 4 is 21.9 Å². The molecular formula is C36H43F2N3O5S. The molecule has 47 heavy (non-hydrogen) atoms. The molecule has 0 spiro atoms. The van der Waals surface area contributed by atoms with Crippen LogP contribution in [-0.4, -0.2) is 63.4 Å². The minimum Gasteiger partial charge on any atom is -0.453 e. The van der Waals surface area contributed by atoms with E-state index in [-0.39, 0.29) is 35.0 Å². The van der Waals surface area contributed by atoms with E-state index in [2.05, 4.69) is 10.6 Å². The van der Waals surface area contributed by atoms with E-state index in [0.717, 1.165) is 32.1 Å². The lowest BCUT2D eigenvalue weighted by Gasteiger charge is -2.38. The van der Waals surface area contributed by atoms with Crippen LogP contribution in [0.15, 0.2) is 83.8 Å². The van der Waals surface area contributed by atoms with Crippen LogP contribution in [0.5, 0.6) is 0 Å². The van der Waals surface area contributed by atoms with Crippen LogP contribution < -0.4 is 10.6 Å². The Morgan fingerprint density at radius 3 is 2.09 bits per heavy atom. The normalized spacial score (nSPS) is 21.2. The van der Waals surface area contributed by atoms with Crippen LogP contribution in [0.3, 0.4) is 0 Å². The lowest BCUT2D eigenvalue weighted by atomic mass is 9.72.